The molecule has 2 amide bonds. The molecule has 2 atom stereocenters. The molecular weight excluding hydrogens is 290 g/mol. The summed E-state index contributed by atoms with van der Waals surface area (Å²) >= 11 is 0. The summed E-state index contributed by atoms with van der Waals surface area (Å²) < 4.78 is 0. The minimum atomic E-state index is -0.117. The van der Waals surface area contributed by atoms with E-state index < -0.39 is 0 Å². The molecule has 5 nitrogen and oxygen atoms in total. The quantitative estimate of drug-likeness (QED) is 0.929. The number of fused-ring (bicyclic) bond motifs is 1. The van der Waals surface area contributed by atoms with E-state index in [9.17, 15) is 9.59 Å². The molecule has 1 heterocycles. The van der Waals surface area contributed by atoms with Crippen LogP contribution in [0.3, 0.4) is 0 Å². The number of hydrogen-bond donors (Lipinski definition) is 1. The second-order valence-electron chi connectivity index (χ2n) is 6.65. The van der Waals surface area contributed by atoms with Gasteiger partial charge in [0.1, 0.15) is 0 Å². The van der Waals surface area contributed by atoms with Crippen LogP contribution in [0.2, 0.25) is 0 Å². The van der Waals surface area contributed by atoms with Gasteiger partial charge < -0.3 is 10.2 Å². The molecule has 1 N–H and O–H groups in total. The van der Waals surface area contributed by atoms with Crippen LogP contribution in [-0.4, -0.2) is 36.3 Å². The lowest BCUT2D eigenvalue weighted by Gasteiger charge is -2.44. The van der Waals surface area contributed by atoms with Crippen LogP contribution >= 0.6 is 0 Å². The van der Waals surface area contributed by atoms with Crippen LogP contribution in [0.5, 0.6) is 0 Å². The number of nitrogens with zero attached hydrogens (tertiary/aromatic N) is 2. The second kappa shape index (κ2) is 6.04. The highest BCUT2D eigenvalue weighted by molar-refractivity contribution is 5.94. The van der Waals surface area contributed by atoms with E-state index in [0.717, 1.165) is 25.7 Å². The summed E-state index contributed by atoms with van der Waals surface area (Å²) in [6.45, 7) is 0.605. The number of hydrogen-bond acceptors (Lipinski definition) is 3. The van der Waals surface area contributed by atoms with Crippen molar-refractivity contribution in [3.8, 4) is 6.07 Å². The molecule has 1 aromatic carbocycles. The molecule has 0 spiro atoms. The number of nitriles is 1. The Bertz CT molecular complexity index is 662. The molecular formula is C18H21N3O2. The molecule has 0 bridgehead atoms. The Hall–Kier alpha value is -2.35. The van der Waals surface area contributed by atoms with Gasteiger partial charge in [-0.25, -0.2) is 0 Å². The Morgan fingerprint density at radius 1 is 1.39 bits per heavy atom. The van der Waals surface area contributed by atoms with Gasteiger partial charge in [-0.2, -0.15) is 5.26 Å². The summed E-state index contributed by atoms with van der Waals surface area (Å²) in [6.07, 6.45) is 4.61. The largest absolute Gasteiger partial charge is 0.351 e. The normalized spacial score (nSPS) is 26.5. The van der Waals surface area contributed by atoms with Crippen LogP contribution in [0.1, 0.15) is 48.0 Å². The SMILES string of the molecule is CN1C(=O)CCC2(CNC(=O)c3ccc(C#N)cc3)CCCC12. The molecule has 0 radical (unpaired) electrons. The molecule has 2 aliphatic rings. The molecule has 1 aromatic rings. The van der Waals surface area contributed by atoms with Crippen LogP contribution < -0.4 is 5.32 Å². The maximum absolute atomic E-state index is 12.3. The first-order chi connectivity index (χ1) is 11.1. The van der Waals surface area contributed by atoms with E-state index >= 15 is 0 Å². The number of likely N-dealkylation sites (tertiary alicyclic amines) is 1. The van der Waals surface area contributed by atoms with Crippen molar-refractivity contribution in [2.24, 2.45) is 5.41 Å². The zero-order valence-electron chi connectivity index (χ0n) is 13.3. The van der Waals surface area contributed by atoms with Gasteiger partial charge in [0.2, 0.25) is 5.91 Å². The predicted molar refractivity (Wildman–Crippen MR) is 85.6 cm³/mol. The molecule has 0 aromatic heterocycles. The van der Waals surface area contributed by atoms with Crippen molar-refractivity contribution in [3.63, 3.8) is 0 Å². The third kappa shape index (κ3) is 2.81. The standard InChI is InChI=1S/C18H21N3O2/c1-21-15-3-2-9-18(15,10-8-16(21)22)12-20-17(23)14-6-4-13(11-19)5-7-14/h4-7,15H,2-3,8-10,12H2,1H3,(H,20,23). The molecule has 23 heavy (non-hydrogen) atoms. The summed E-state index contributed by atoms with van der Waals surface area (Å²) in [5.74, 6) is 0.0972. The third-order valence-electron chi connectivity index (χ3n) is 5.43. The Morgan fingerprint density at radius 2 is 2.13 bits per heavy atom. The van der Waals surface area contributed by atoms with Gasteiger partial charge >= 0.3 is 0 Å². The number of amides is 2. The van der Waals surface area contributed by atoms with E-state index in [2.05, 4.69) is 5.32 Å². The summed E-state index contributed by atoms with van der Waals surface area (Å²) in [5, 5.41) is 11.8. The number of nitrogens with one attached hydrogen (secondary N) is 1. The molecule has 5 heteroatoms. The average molecular weight is 311 g/mol. The zero-order chi connectivity index (χ0) is 16.4. The first-order valence-corrected chi connectivity index (χ1v) is 8.10. The van der Waals surface area contributed by atoms with Crippen LogP contribution in [0.15, 0.2) is 24.3 Å². The summed E-state index contributed by atoms with van der Waals surface area (Å²) in [4.78, 5) is 26.1. The summed E-state index contributed by atoms with van der Waals surface area (Å²) in [7, 11) is 1.88. The van der Waals surface area contributed by atoms with Crippen LogP contribution in [0.25, 0.3) is 0 Å². The Labute approximate surface area is 136 Å². The second-order valence-corrected chi connectivity index (χ2v) is 6.65. The Morgan fingerprint density at radius 3 is 2.83 bits per heavy atom. The summed E-state index contributed by atoms with van der Waals surface area (Å²) in [5.41, 5.74) is 1.13. The lowest BCUT2D eigenvalue weighted by atomic mass is 9.74. The molecule has 2 unspecified atom stereocenters. The lowest BCUT2D eigenvalue weighted by Crippen LogP contribution is -2.54. The highest BCUT2D eigenvalue weighted by Gasteiger charge is 2.49. The van der Waals surface area contributed by atoms with Crippen molar-refractivity contribution in [2.45, 2.75) is 38.1 Å². The van der Waals surface area contributed by atoms with Gasteiger partial charge in [0.25, 0.3) is 5.91 Å². The average Bonchev–Trinajstić information content (AvgIpc) is 3.01. The van der Waals surface area contributed by atoms with E-state index in [1.165, 1.54) is 0 Å². The number of carbonyl (C=O) groups is 2. The van der Waals surface area contributed by atoms with E-state index in [-0.39, 0.29) is 23.3 Å². The zero-order valence-corrected chi connectivity index (χ0v) is 13.3. The summed E-state index contributed by atoms with van der Waals surface area (Å²) in [6, 6.07) is 8.94. The van der Waals surface area contributed by atoms with Gasteiger partial charge in [0, 0.05) is 37.0 Å². The van der Waals surface area contributed by atoms with E-state index in [1.807, 2.05) is 18.0 Å². The highest BCUT2D eigenvalue weighted by Crippen LogP contribution is 2.47. The number of piperidine rings is 1. The van der Waals surface area contributed by atoms with Gasteiger partial charge in [-0.3, -0.25) is 9.59 Å². The van der Waals surface area contributed by atoms with Gasteiger partial charge in [-0.15, -0.1) is 0 Å². The van der Waals surface area contributed by atoms with Crippen molar-refractivity contribution in [3.05, 3.63) is 35.4 Å². The minimum absolute atomic E-state index is 0.0188. The van der Waals surface area contributed by atoms with E-state index in [4.69, 9.17) is 5.26 Å². The predicted octanol–water partition coefficient (Wildman–Crippen LogP) is 2.08. The topological polar surface area (TPSA) is 73.2 Å². The van der Waals surface area contributed by atoms with Gasteiger partial charge in [-0.05, 0) is 43.5 Å². The van der Waals surface area contributed by atoms with Gasteiger partial charge in [0.15, 0.2) is 0 Å². The fourth-order valence-corrected chi connectivity index (χ4v) is 4.07. The maximum Gasteiger partial charge on any atom is 0.251 e. The van der Waals surface area contributed by atoms with Crippen molar-refractivity contribution in [1.82, 2.24) is 10.2 Å². The Kier molecular flexibility index (Phi) is 4.08. The first-order valence-electron chi connectivity index (χ1n) is 8.10. The molecule has 1 saturated carbocycles. The fraction of sp³-hybridized carbons (Fsp3) is 0.500. The van der Waals surface area contributed by atoms with Crippen molar-refractivity contribution in [2.75, 3.05) is 13.6 Å². The van der Waals surface area contributed by atoms with Crippen molar-refractivity contribution < 1.29 is 9.59 Å². The van der Waals surface area contributed by atoms with Crippen molar-refractivity contribution >= 4 is 11.8 Å². The van der Waals surface area contributed by atoms with Crippen LogP contribution in [-0.2, 0) is 4.79 Å². The lowest BCUT2D eigenvalue weighted by molar-refractivity contribution is -0.139. The van der Waals surface area contributed by atoms with Crippen LogP contribution in [0, 0.1) is 16.7 Å². The molecule has 2 fully saturated rings. The maximum atomic E-state index is 12.3. The molecule has 120 valence electrons. The Balaban J connectivity index is 1.68. The monoisotopic (exact) mass is 311 g/mol. The third-order valence-corrected chi connectivity index (χ3v) is 5.43. The smallest absolute Gasteiger partial charge is 0.251 e. The number of benzene rings is 1. The van der Waals surface area contributed by atoms with E-state index in [1.54, 1.807) is 24.3 Å². The number of rotatable bonds is 3. The van der Waals surface area contributed by atoms with Crippen LogP contribution in [0.4, 0.5) is 0 Å². The minimum Gasteiger partial charge on any atom is -0.351 e. The number of carbonyl (C=O) groups excluding carboxylic acids is 2. The van der Waals surface area contributed by atoms with Gasteiger partial charge in [-0.1, -0.05) is 6.42 Å². The molecule has 1 aliphatic carbocycles. The fourth-order valence-electron chi connectivity index (χ4n) is 4.07. The highest BCUT2D eigenvalue weighted by atomic mass is 16.2. The van der Waals surface area contributed by atoms with Crippen molar-refractivity contribution in [1.29, 1.82) is 5.26 Å². The van der Waals surface area contributed by atoms with E-state index in [0.29, 0.717) is 24.1 Å². The molecule has 1 aliphatic heterocycles. The molecule has 3 rings (SSSR count). The first kappa shape index (κ1) is 15.5. The van der Waals surface area contributed by atoms with Gasteiger partial charge in [0.05, 0.1) is 11.6 Å². The molecule has 1 saturated heterocycles.